The van der Waals surface area contributed by atoms with Crippen LogP contribution in [-0.2, 0) is 0 Å². The number of nitrogens with one attached hydrogen (secondary N) is 1. The van der Waals surface area contributed by atoms with Gasteiger partial charge in [-0.3, -0.25) is 0 Å². The number of hydrogen-bond donors (Lipinski definition) is 1. The Morgan fingerprint density at radius 2 is 1.96 bits per heavy atom. The SMILES string of the molecule is CSc1ccc2nc(-c3cnn(-c4ccc(F)cc4)c3)[nH]c2c1. The van der Waals surface area contributed by atoms with Gasteiger partial charge in [0.15, 0.2) is 0 Å². The van der Waals surface area contributed by atoms with Crippen molar-refractivity contribution in [2.24, 2.45) is 0 Å². The third-order valence-electron chi connectivity index (χ3n) is 3.64. The summed E-state index contributed by atoms with van der Waals surface area (Å²) in [5.74, 6) is 0.509. The maximum absolute atomic E-state index is 13.0. The number of benzene rings is 2. The van der Waals surface area contributed by atoms with Crippen LogP contribution in [0.4, 0.5) is 4.39 Å². The molecule has 1 N–H and O–H groups in total. The molecule has 0 aliphatic heterocycles. The minimum absolute atomic E-state index is 0.261. The molecule has 4 nitrogen and oxygen atoms in total. The zero-order chi connectivity index (χ0) is 15.8. The predicted octanol–water partition coefficient (Wildman–Crippen LogP) is 4.28. The summed E-state index contributed by atoms with van der Waals surface area (Å²) < 4.78 is 14.7. The van der Waals surface area contributed by atoms with Crippen LogP contribution in [-0.4, -0.2) is 26.0 Å². The molecule has 0 saturated heterocycles. The summed E-state index contributed by atoms with van der Waals surface area (Å²) in [4.78, 5) is 9.11. The summed E-state index contributed by atoms with van der Waals surface area (Å²) in [6.07, 6.45) is 5.67. The zero-order valence-electron chi connectivity index (χ0n) is 12.3. The summed E-state index contributed by atoms with van der Waals surface area (Å²) in [6, 6.07) is 12.4. The lowest BCUT2D eigenvalue weighted by Crippen LogP contribution is -1.93. The highest BCUT2D eigenvalue weighted by Crippen LogP contribution is 2.24. The highest BCUT2D eigenvalue weighted by Gasteiger charge is 2.09. The van der Waals surface area contributed by atoms with Gasteiger partial charge in [0, 0.05) is 11.1 Å². The van der Waals surface area contributed by atoms with Crippen LogP contribution in [0.15, 0.2) is 59.8 Å². The van der Waals surface area contributed by atoms with Gasteiger partial charge in [-0.15, -0.1) is 11.8 Å². The first-order valence-corrected chi connectivity index (χ1v) is 8.30. The van der Waals surface area contributed by atoms with E-state index in [4.69, 9.17) is 0 Å². The normalized spacial score (nSPS) is 11.2. The molecule has 0 bridgehead atoms. The molecule has 0 radical (unpaired) electrons. The Morgan fingerprint density at radius 3 is 2.74 bits per heavy atom. The molecule has 0 spiro atoms. The first-order valence-electron chi connectivity index (χ1n) is 7.08. The van der Waals surface area contributed by atoms with Crippen LogP contribution in [0.1, 0.15) is 0 Å². The Labute approximate surface area is 136 Å². The molecule has 0 fully saturated rings. The molecule has 23 heavy (non-hydrogen) atoms. The van der Waals surface area contributed by atoms with Crippen molar-refractivity contribution in [3.63, 3.8) is 0 Å². The van der Waals surface area contributed by atoms with Crippen LogP contribution in [0, 0.1) is 5.82 Å². The van der Waals surface area contributed by atoms with Crippen molar-refractivity contribution in [3.05, 3.63) is 60.7 Å². The predicted molar refractivity (Wildman–Crippen MR) is 90.4 cm³/mol. The Hall–Kier alpha value is -2.60. The number of aromatic nitrogens is 4. The molecule has 0 atom stereocenters. The molecule has 0 saturated carbocycles. The monoisotopic (exact) mass is 324 g/mol. The van der Waals surface area contributed by atoms with E-state index >= 15 is 0 Å². The maximum Gasteiger partial charge on any atom is 0.141 e. The van der Waals surface area contributed by atoms with E-state index in [1.165, 1.54) is 17.0 Å². The van der Waals surface area contributed by atoms with Gasteiger partial charge in [-0.1, -0.05) is 0 Å². The van der Waals surface area contributed by atoms with Gasteiger partial charge in [0.05, 0.1) is 28.5 Å². The van der Waals surface area contributed by atoms with E-state index in [9.17, 15) is 4.39 Å². The van der Waals surface area contributed by atoms with Crippen molar-refractivity contribution in [2.75, 3.05) is 6.26 Å². The van der Waals surface area contributed by atoms with Crippen LogP contribution in [0.5, 0.6) is 0 Å². The first kappa shape index (κ1) is 14.0. The Balaban J connectivity index is 1.72. The Morgan fingerprint density at radius 1 is 1.13 bits per heavy atom. The van der Waals surface area contributed by atoms with Crippen LogP contribution in [0.25, 0.3) is 28.1 Å². The number of fused-ring (bicyclic) bond motifs is 1. The fraction of sp³-hybridized carbons (Fsp3) is 0.0588. The molecule has 4 rings (SSSR count). The molecule has 0 aliphatic carbocycles. The molecule has 2 aromatic carbocycles. The molecule has 0 amide bonds. The summed E-state index contributed by atoms with van der Waals surface area (Å²) in [5, 5.41) is 4.33. The van der Waals surface area contributed by atoms with Crippen LogP contribution < -0.4 is 0 Å². The summed E-state index contributed by atoms with van der Waals surface area (Å²) >= 11 is 1.70. The molecular formula is C17H13FN4S. The number of nitrogens with zero attached hydrogens (tertiary/aromatic N) is 3. The maximum atomic E-state index is 13.0. The standard InChI is InChI=1S/C17H13FN4S/c1-23-14-6-7-15-16(8-14)21-17(20-15)11-9-19-22(10-11)13-4-2-12(18)3-5-13/h2-10H,1H3,(H,20,21). The fourth-order valence-corrected chi connectivity index (χ4v) is 2.87. The second kappa shape index (κ2) is 5.55. The van der Waals surface area contributed by atoms with Gasteiger partial charge in [-0.25, -0.2) is 14.1 Å². The van der Waals surface area contributed by atoms with Gasteiger partial charge in [0.2, 0.25) is 0 Å². The van der Waals surface area contributed by atoms with E-state index in [1.807, 2.05) is 18.5 Å². The zero-order valence-corrected chi connectivity index (χ0v) is 13.1. The summed E-state index contributed by atoms with van der Waals surface area (Å²) in [7, 11) is 0. The van der Waals surface area contributed by atoms with Crippen molar-refractivity contribution in [1.82, 2.24) is 19.7 Å². The second-order valence-electron chi connectivity index (χ2n) is 5.12. The van der Waals surface area contributed by atoms with Crippen LogP contribution in [0.3, 0.4) is 0 Å². The quantitative estimate of drug-likeness (QED) is 0.572. The largest absolute Gasteiger partial charge is 0.338 e. The van der Waals surface area contributed by atoms with E-state index in [0.29, 0.717) is 0 Å². The molecular weight excluding hydrogens is 311 g/mol. The number of thioether (sulfide) groups is 1. The smallest absolute Gasteiger partial charge is 0.141 e. The fourth-order valence-electron chi connectivity index (χ4n) is 2.43. The number of rotatable bonds is 3. The van der Waals surface area contributed by atoms with Crippen molar-refractivity contribution in [3.8, 4) is 17.1 Å². The van der Waals surface area contributed by atoms with Gasteiger partial charge < -0.3 is 4.98 Å². The third kappa shape index (κ3) is 2.61. The number of aromatic amines is 1. The van der Waals surface area contributed by atoms with Gasteiger partial charge in [-0.05, 0) is 48.7 Å². The highest BCUT2D eigenvalue weighted by molar-refractivity contribution is 7.98. The highest BCUT2D eigenvalue weighted by atomic mass is 32.2. The number of H-pyrrole nitrogens is 1. The molecule has 2 heterocycles. The van der Waals surface area contributed by atoms with E-state index < -0.39 is 0 Å². The Bertz CT molecular complexity index is 972. The summed E-state index contributed by atoms with van der Waals surface area (Å²) in [5.41, 5.74) is 3.61. The topological polar surface area (TPSA) is 46.5 Å². The molecule has 2 aromatic heterocycles. The molecule has 6 heteroatoms. The average Bonchev–Trinajstić information content (AvgIpc) is 3.21. The molecule has 4 aromatic rings. The van der Waals surface area contributed by atoms with Crippen LogP contribution in [0.2, 0.25) is 0 Å². The minimum atomic E-state index is -0.261. The third-order valence-corrected chi connectivity index (χ3v) is 4.36. The number of imidazole rings is 1. The molecule has 0 aliphatic rings. The van der Waals surface area contributed by atoms with Gasteiger partial charge in [0.25, 0.3) is 0 Å². The molecule has 114 valence electrons. The van der Waals surface area contributed by atoms with Crippen molar-refractivity contribution >= 4 is 22.8 Å². The lowest BCUT2D eigenvalue weighted by Gasteiger charge is -1.99. The number of hydrogen-bond acceptors (Lipinski definition) is 3. The number of halogens is 1. The minimum Gasteiger partial charge on any atom is -0.338 e. The van der Waals surface area contributed by atoms with Crippen molar-refractivity contribution in [1.29, 1.82) is 0 Å². The van der Waals surface area contributed by atoms with Gasteiger partial charge in [0.1, 0.15) is 11.6 Å². The first-order chi connectivity index (χ1) is 11.2. The van der Waals surface area contributed by atoms with E-state index in [2.05, 4.69) is 27.2 Å². The van der Waals surface area contributed by atoms with E-state index in [1.54, 1.807) is 34.8 Å². The van der Waals surface area contributed by atoms with E-state index in [0.717, 1.165) is 28.1 Å². The van der Waals surface area contributed by atoms with Gasteiger partial charge in [-0.2, -0.15) is 5.10 Å². The van der Waals surface area contributed by atoms with Gasteiger partial charge >= 0.3 is 0 Å². The molecule has 0 unspecified atom stereocenters. The van der Waals surface area contributed by atoms with Crippen molar-refractivity contribution in [2.45, 2.75) is 4.90 Å². The van der Waals surface area contributed by atoms with Crippen molar-refractivity contribution < 1.29 is 4.39 Å². The Kier molecular flexibility index (Phi) is 3.38. The average molecular weight is 324 g/mol. The lowest BCUT2D eigenvalue weighted by atomic mass is 10.3. The lowest BCUT2D eigenvalue weighted by molar-refractivity contribution is 0.627. The summed E-state index contributed by atoms with van der Waals surface area (Å²) in [6.45, 7) is 0. The second-order valence-corrected chi connectivity index (χ2v) is 6.00. The van der Waals surface area contributed by atoms with E-state index in [-0.39, 0.29) is 5.82 Å². The van der Waals surface area contributed by atoms with Crippen LogP contribution >= 0.6 is 11.8 Å².